The summed E-state index contributed by atoms with van der Waals surface area (Å²) in [5.74, 6) is 0.468. The van der Waals surface area contributed by atoms with Crippen molar-refractivity contribution in [2.45, 2.75) is 56.2 Å². The Morgan fingerprint density at radius 3 is 1.87 bits per heavy atom. The molecular formula is C38H38Br2CuN8O7S4. The van der Waals surface area contributed by atoms with E-state index in [0.29, 0.717) is 53.4 Å². The first-order chi connectivity index (χ1) is 28.2. The fourth-order valence-corrected chi connectivity index (χ4v) is 11.3. The van der Waals surface area contributed by atoms with Gasteiger partial charge in [0.05, 0.1) is 32.7 Å². The van der Waals surface area contributed by atoms with E-state index in [9.17, 15) is 25.9 Å². The van der Waals surface area contributed by atoms with Crippen molar-refractivity contribution in [2.75, 3.05) is 42.6 Å². The smallest absolute Gasteiger partial charge is 0.297 e. The first kappa shape index (κ1) is 46.1. The molecule has 0 spiro atoms. The summed E-state index contributed by atoms with van der Waals surface area (Å²) in [6.45, 7) is 9.23. The summed E-state index contributed by atoms with van der Waals surface area (Å²) in [6.07, 6.45) is 3.33. The molecule has 8 rings (SSSR count). The van der Waals surface area contributed by atoms with Crippen LogP contribution in [0.5, 0.6) is 5.75 Å². The average molecular weight is 1070 g/mol. The van der Waals surface area contributed by atoms with E-state index < -0.39 is 20.2 Å². The van der Waals surface area contributed by atoms with Crippen LogP contribution >= 0.6 is 54.5 Å². The maximum Gasteiger partial charge on any atom is 0.297 e. The Hall–Kier alpha value is -3.44. The minimum atomic E-state index is -4.53. The monoisotopic (exact) mass is 1070 g/mol. The first-order valence-electron chi connectivity index (χ1n) is 18.6. The van der Waals surface area contributed by atoms with E-state index in [1.807, 2.05) is 62.1 Å². The number of ether oxygens (including phenoxy) is 1. The summed E-state index contributed by atoms with van der Waals surface area (Å²) in [7, 11) is -8.97. The molecule has 4 heterocycles. The van der Waals surface area contributed by atoms with E-state index in [4.69, 9.17) is 4.74 Å². The third kappa shape index (κ3) is 10.3. The molecule has 0 atom stereocenters. The summed E-state index contributed by atoms with van der Waals surface area (Å²) in [5, 5.41) is 17.4. The van der Waals surface area contributed by atoms with Crippen molar-refractivity contribution in [1.82, 2.24) is 9.97 Å². The van der Waals surface area contributed by atoms with Crippen LogP contribution in [0, 0.1) is 0 Å². The Morgan fingerprint density at radius 1 is 0.767 bits per heavy atom. The predicted molar refractivity (Wildman–Crippen MR) is 239 cm³/mol. The molecule has 321 valence electrons. The summed E-state index contributed by atoms with van der Waals surface area (Å²) in [5.41, 5.74) is 5.00. The number of rotatable bonds is 11. The molecule has 0 saturated heterocycles. The van der Waals surface area contributed by atoms with Gasteiger partial charge in [-0.15, -0.1) is 20.5 Å². The van der Waals surface area contributed by atoms with Crippen molar-refractivity contribution in [3.05, 3.63) is 74.7 Å². The number of azo groups is 2. The van der Waals surface area contributed by atoms with Crippen LogP contribution < -0.4 is 14.5 Å². The topological polar surface area (TPSA) is 200 Å². The Labute approximate surface area is 382 Å². The van der Waals surface area contributed by atoms with Crippen LogP contribution in [-0.2, 0) is 50.1 Å². The fraction of sp³-hybridized carbons (Fsp3) is 0.316. The number of benzene rings is 4. The maximum absolute atomic E-state index is 12.3. The van der Waals surface area contributed by atoms with Crippen LogP contribution in [0.15, 0.2) is 93.8 Å². The molecule has 0 fully saturated rings. The van der Waals surface area contributed by atoms with E-state index >= 15 is 0 Å². The van der Waals surface area contributed by atoms with E-state index in [2.05, 4.69) is 67.2 Å². The number of aromatic nitrogens is 2. The molecule has 60 heavy (non-hydrogen) atoms. The number of hydrogen-bond acceptors (Lipinski definition) is 15. The SMILES string of the molecule is CCOc1cc(N=Nc2nc3ccc(Br)cc3s2)c(S(=O)(=O)O)cc1N(CC)CC.O=S(=O)(O)c1c(N=Nc2nc3ccc(Br)cc3s2)cc2c3c1CCCN3CCC2.[Cu]. The van der Waals surface area contributed by atoms with E-state index in [1.165, 1.54) is 34.8 Å². The Kier molecular flexibility index (Phi) is 14.8. The molecule has 0 saturated carbocycles. The van der Waals surface area contributed by atoms with Gasteiger partial charge in [-0.05, 0) is 106 Å². The van der Waals surface area contributed by atoms with Crippen LogP contribution in [-0.4, -0.2) is 68.7 Å². The number of fused-ring (bicyclic) bond motifs is 2. The third-order valence-electron chi connectivity index (χ3n) is 9.60. The molecule has 0 aliphatic carbocycles. The molecule has 0 amide bonds. The Bertz CT molecular complexity index is 2850. The van der Waals surface area contributed by atoms with Gasteiger partial charge in [0.25, 0.3) is 20.2 Å². The molecule has 2 aromatic heterocycles. The van der Waals surface area contributed by atoms with E-state index in [0.717, 1.165) is 73.0 Å². The summed E-state index contributed by atoms with van der Waals surface area (Å²) >= 11 is 9.54. The van der Waals surface area contributed by atoms with Crippen LogP contribution in [0.25, 0.3) is 20.4 Å². The van der Waals surface area contributed by atoms with Crippen molar-refractivity contribution < 1.29 is 47.7 Å². The fourth-order valence-electron chi connectivity index (χ4n) is 7.13. The van der Waals surface area contributed by atoms with Crippen molar-refractivity contribution in [1.29, 1.82) is 0 Å². The van der Waals surface area contributed by atoms with Gasteiger partial charge in [0.1, 0.15) is 26.9 Å². The average Bonchev–Trinajstić information content (AvgIpc) is 3.79. The number of halogens is 2. The quantitative estimate of drug-likeness (QED) is 0.0711. The maximum atomic E-state index is 12.3. The van der Waals surface area contributed by atoms with Crippen LogP contribution in [0.1, 0.15) is 44.7 Å². The van der Waals surface area contributed by atoms with Crippen LogP contribution in [0.4, 0.5) is 33.0 Å². The second-order valence-electron chi connectivity index (χ2n) is 13.4. The molecule has 2 N–H and O–H groups in total. The second-order valence-corrected chi connectivity index (χ2v) is 20.0. The molecule has 15 nitrogen and oxygen atoms in total. The first-order valence-corrected chi connectivity index (χ1v) is 24.7. The molecule has 0 bridgehead atoms. The second kappa shape index (κ2) is 19.3. The summed E-state index contributed by atoms with van der Waals surface area (Å²) in [6, 6.07) is 16.0. The zero-order valence-electron chi connectivity index (χ0n) is 32.3. The number of hydrogen-bond donors (Lipinski definition) is 2. The zero-order valence-corrected chi connectivity index (χ0v) is 39.6. The van der Waals surface area contributed by atoms with Crippen molar-refractivity contribution in [3.8, 4) is 5.75 Å². The molecule has 2 aliphatic rings. The van der Waals surface area contributed by atoms with Gasteiger partial charge in [-0.25, -0.2) is 9.97 Å². The van der Waals surface area contributed by atoms with Crippen molar-refractivity contribution in [3.63, 3.8) is 0 Å². The van der Waals surface area contributed by atoms with Crippen molar-refractivity contribution >= 4 is 128 Å². The summed E-state index contributed by atoms with van der Waals surface area (Å²) in [4.78, 5) is 12.5. The molecule has 0 unspecified atom stereocenters. The third-order valence-corrected chi connectivity index (χ3v) is 14.2. The van der Waals surface area contributed by atoms with Gasteiger partial charge in [-0.3, -0.25) is 9.11 Å². The Balaban J connectivity index is 0.000000198. The zero-order chi connectivity index (χ0) is 42.1. The number of nitrogens with zero attached hydrogens (tertiary/aromatic N) is 8. The molecule has 6 aromatic rings. The van der Waals surface area contributed by atoms with E-state index in [-0.39, 0.29) is 38.2 Å². The minimum Gasteiger partial charge on any atom is -0.492 e. The predicted octanol–water partition coefficient (Wildman–Crippen LogP) is 11.4. The van der Waals surface area contributed by atoms with Gasteiger partial charge in [0, 0.05) is 63.9 Å². The number of anilines is 2. The summed E-state index contributed by atoms with van der Waals surface area (Å²) < 4.78 is 77.8. The molecular weight excluding hydrogens is 1030 g/mol. The van der Waals surface area contributed by atoms with Crippen LogP contribution in [0.3, 0.4) is 0 Å². The minimum absolute atomic E-state index is 0. The standard InChI is InChI=1S/C19H21BrN4O4S2.C19H17BrN4O3S2.Cu/c1-4-24(5-2)15-11-18(30(25,26)27)14(10-16(15)28-6-3)22-23-19-21-13-8-7-12(20)9-17(13)29-19;20-12-5-6-14-16(10-12)28-19(21-14)23-22-15-9-11-3-1-7-24-8-2-4-13(17(11)24)18(15)29(25,26)27;/h7-11H,4-6H2,1-3H3,(H,25,26,27);5-6,9-10H,1-4,7-8H2,(H,25,26,27);. The Morgan fingerprint density at radius 2 is 1.33 bits per heavy atom. The van der Waals surface area contributed by atoms with Gasteiger partial charge >= 0.3 is 0 Å². The van der Waals surface area contributed by atoms with Gasteiger partial charge in [0.2, 0.25) is 10.3 Å². The van der Waals surface area contributed by atoms with Crippen LogP contribution in [0.2, 0.25) is 0 Å². The van der Waals surface area contributed by atoms with Crippen molar-refractivity contribution in [2.24, 2.45) is 20.5 Å². The normalized spacial score (nSPS) is 14.0. The molecule has 22 heteroatoms. The van der Waals surface area contributed by atoms with Gasteiger partial charge in [0.15, 0.2) is 0 Å². The van der Waals surface area contributed by atoms with E-state index in [1.54, 1.807) is 6.07 Å². The molecule has 1 radical (unpaired) electrons. The van der Waals surface area contributed by atoms with Gasteiger partial charge in [-0.1, -0.05) is 54.5 Å². The largest absolute Gasteiger partial charge is 0.492 e. The van der Waals surface area contributed by atoms with Gasteiger partial charge < -0.3 is 14.5 Å². The number of thiazole rings is 2. The molecule has 2 aliphatic heterocycles. The van der Waals surface area contributed by atoms with Gasteiger partial charge in [-0.2, -0.15) is 16.8 Å². The number of aryl methyl sites for hydroxylation is 1. The molecule has 4 aromatic carbocycles.